The highest BCUT2D eigenvalue weighted by atomic mass is 32.2. The molecule has 0 aliphatic carbocycles. The Morgan fingerprint density at radius 1 is 1.16 bits per heavy atom. The molecule has 0 unspecified atom stereocenters. The van der Waals surface area contributed by atoms with Gasteiger partial charge in [-0.2, -0.15) is 0 Å². The monoisotopic (exact) mass is 281 g/mol. The normalized spacial score (nSPS) is 11.1. The Labute approximate surface area is 110 Å². The second kappa shape index (κ2) is 5.23. The average Bonchev–Trinajstić information content (AvgIpc) is 2.41. The van der Waals surface area contributed by atoms with E-state index < -0.39 is 15.8 Å². The summed E-state index contributed by atoms with van der Waals surface area (Å²) in [6.07, 6.45) is 0.946. The minimum Gasteiger partial charge on any atom is -0.387 e. The molecule has 0 saturated carbocycles. The number of hydrogen-bond donors (Lipinski definition) is 2. The van der Waals surface area contributed by atoms with Gasteiger partial charge in [-0.1, -0.05) is 12.1 Å². The van der Waals surface area contributed by atoms with Crippen LogP contribution in [0.3, 0.4) is 0 Å². The summed E-state index contributed by atoms with van der Waals surface area (Å²) in [6, 6.07) is 8.85. The second-order valence-electron chi connectivity index (χ2n) is 3.71. The lowest BCUT2D eigenvalue weighted by atomic mass is 10.3. The van der Waals surface area contributed by atoms with E-state index in [0.29, 0.717) is 5.69 Å². The summed E-state index contributed by atoms with van der Waals surface area (Å²) < 4.78 is 39.4. The Hall–Kier alpha value is -2.15. The molecule has 2 aromatic rings. The maximum absolute atomic E-state index is 12.7. The zero-order valence-electron chi connectivity index (χ0n) is 10.1. The number of para-hydroxylation sites is 1. The van der Waals surface area contributed by atoms with Crippen molar-refractivity contribution in [3.8, 4) is 0 Å². The third-order valence-corrected chi connectivity index (χ3v) is 3.83. The number of pyridine rings is 1. The van der Waals surface area contributed by atoms with Crippen molar-refractivity contribution in [2.24, 2.45) is 0 Å². The summed E-state index contributed by atoms with van der Waals surface area (Å²) in [5, 5.41) is 2.80. The first kappa shape index (κ1) is 13.3. The van der Waals surface area contributed by atoms with E-state index in [1.165, 1.54) is 12.1 Å². The first-order valence-corrected chi connectivity index (χ1v) is 6.92. The van der Waals surface area contributed by atoms with Gasteiger partial charge in [0.15, 0.2) is 0 Å². The molecule has 0 fully saturated rings. The van der Waals surface area contributed by atoms with E-state index >= 15 is 0 Å². The fraction of sp³-hybridized carbons (Fsp3) is 0.0833. The fourth-order valence-corrected chi connectivity index (χ4v) is 2.76. The van der Waals surface area contributed by atoms with Gasteiger partial charge in [0, 0.05) is 7.05 Å². The Morgan fingerprint density at radius 3 is 2.53 bits per heavy atom. The predicted molar refractivity (Wildman–Crippen MR) is 71.0 cm³/mol. The summed E-state index contributed by atoms with van der Waals surface area (Å²) in [6.45, 7) is 0. The molecule has 1 aromatic heterocycles. The summed E-state index contributed by atoms with van der Waals surface area (Å²) >= 11 is 0. The topological polar surface area (TPSA) is 71.1 Å². The quantitative estimate of drug-likeness (QED) is 0.900. The van der Waals surface area contributed by atoms with Gasteiger partial charge >= 0.3 is 0 Å². The van der Waals surface area contributed by atoms with Crippen LogP contribution in [-0.2, 0) is 10.0 Å². The lowest BCUT2D eigenvalue weighted by Crippen LogP contribution is -2.15. The summed E-state index contributed by atoms with van der Waals surface area (Å²) in [5.41, 5.74) is 0.470. The average molecular weight is 281 g/mol. The summed E-state index contributed by atoms with van der Waals surface area (Å²) in [7, 11) is -2.14. The maximum Gasteiger partial charge on any atom is 0.265 e. The molecular formula is C12H12FN3O2S. The Kier molecular flexibility index (Phi) is 3.66. The van der Waals surface area contributed by atoms with Crippen LogP contribution < -0.4 is 10.0 Å². The Balaban J connectivity index is 2.35. The van der Waals surface area contributed by atoms with E-state index in [0.717, 1.165) is 12.3 Å². The van der Waals surface area contributed by atoms with Crippen molar-refractivity contribution in [2.45, 2.75) is 4.90 Å². The van der Waals surface area contributed by atoms with E-state index in [9.17, 15) is 12.8 Å². The third kappa shape index (κ3) is 3.00. The molecule has 1 aromatic carbocycles. The molecule has 2 N–H and O–H groups in total. The fourth-order valence-electron chi connectivity index (χ4n) is 1.54. The van der Waals surface area contributed by atoms with E-state index in [4.69, 9.17) is 0 Å². The molecule has 19 heavy (non-hydrogen) atoms. The van der Waals surface area contributed by atoms with Crippen molar-refractivity contribution in [1.82, 2.24) is 4.98 Å². The number of hydrogen-bond acceptors (Lipinski definition) is 4. The molecule has 0 saturated heterocycles. The molecule has 100 valence electrons. The molecule has 1 heterocycles. The predicted octanol–water partition coefficient (Wildman–Crippen LogP) is 2.06. The third-order valence-electron chi connectivity index (χ3n) is 2.41. The van der Waals surface area contributed by atoms with Gasteiger partial charge in [-0.25, -0.2) is 17.8 Å². The van der Waals surface area contributed by atoms with Crippen LogP contribution in [0.25, 0.3) is 0 Å². The molecule has 2 rings (SSSR count). The van der Waals surface area contributed by atoms with Crippen molar-refractivity contribution in [1.29, 1.82) is 0 Å². The van der Waals surface area contributed by atoms with Crippen LogP contribution >= 0.6 is 0 Å². The van der Waals surface area contributed by atoms with Crippen molar-refractivity contribution in [3.63, 3.8) is 0 Å². The number of aromatic nitrogens is 1. The second-order valence-corrected chi connectivity index (χ2v) is 5.36. The van der Waals surface area contributed by atoms with Gasteiger partial charge < -0.3 is 5.32 Å². The van der Waals surface area contributed by atoms with Gasteiger partial charge in [-0.05, 0) is 24.3 Å². The lowest BCUT2D eigenvalue weighted by molar-refractivity contribution is 0.600. The largest absolute Gasteiger partial charge is 0.387 e. The summed E-state index contributed by atoms with van der Waals surface area (Å²) in [4.78, 5) is 3.76. The molecule has 0 bridgehead atoms. The first-order chi connectivity index (χ1) is 9.03. The summed E-state index contributed by atoms with van der Waals surface area (Å²) in [5.74, 6) is -0.467. The van der Waals surface area contributed by atoms with Gasteiger partial charge in [0.25, 0.3) is 10.0 Å². The number of sulfonamides is 1. The van der Waals surface area contributed by atoms with E-state index in [2.05, 4.69) is 15.0 Å². The number of halogens is 1. The van der Waals surface area contributed by atoms with Crippen LogP contribution in [0.1, 0.15) is 0 Å². The minimum absolute atomic E-state index is 0.0623. The molecule has 0 amide bonds. The number of nitrogens with one attached hydrogen (secondary N) is 2. The van der Waals surface area contributed by atoms with Crippen molar-refractivity contribution in [2.75, 3.05) is 17.1 Å². The maximum atomic E-state index is 12.7. The minimum atomic E-state index is -3.77. The number of rotatable bonds is 4. The van der Waals surface area contributed by atoms with E-state index in [-0.39, 0.29) is 10.7 Å². The molecular weight excluding hydrogens is 269 g/mol. The van der Waals surface area contributed by atoms with E-state index in [1.807, 2.05) is 0 Å². The lowest BCUT2D eigenvalue weighted by Gasteiger charge is -2.11. The number of nitrogens with zero attached hydrogens (tertiary/aromatic N) is 1. The van der Waals surface area contributed by atoms with Gasteiger partial charge in [-0.3, -0.25) is 4.72 Å². The van der Waals surface area contributed by atoms with Gasteiger partial charge in [0.05, 0.1) is 11.9 Å². The Morgan fingerprint density at radius 2 is 1.89 bits per heavy atom. The van der Waals surface area contributed by atoms with E-state index in [1.54, 1.807) is 25.2 Å². The highest BCUT2D eigenvalue weighted by Crippen LogP contribution is 2.22. The van der Waals surface area contributed by atoms with Crippen LogP contribution in [0.2, 0.25) is 0 Å². The van der Waals surface area contributed by atoms with Crippen LogP contribution in [0.4, 0.5) is 15.9 Å². The van der Waals surface area contributed by atoms with Crippen LogP contribution in [-0.4, -0.2) is 20.4 Å². The molecule has 0 atom stereocenters. The zero-order valence-corrected chi connectivity index (χ0v) is 10.9. The van der Waals surface area contributed by atoms with Crippen molar-refractivity contribution >= 4 is 21.5 Å². The highest BCUT2D eigenvalue weighted by molar-refractivity contribution is 7.92. The van der Waals surface area contributed by atoms with Gasteiger partial charge in [0.2, 0.25) is 0 Å². The molecule has 0 spiro atoms. The number of benzene rings is 1. The SMILES string of the molecule is CNc1ccccc1S(=O)(=O)Nc1ccc(F)cn1. The molecule has 0 aliphatic heterocycles. The molecule has 7 heteroatoms. The first-order valence-electron chi connectivity index (χ1n) is 5.44. The standard InChI is InChI=1S/C12H12FN3O2S/c1-14-10-4-2-3-5-11(10)19(17,18)16-12-7-6-9(13)8-15-12/h2-8,14H,1H3,(H,15,16). The van der Waals surface area contributed by atoms with Gasteiger partial charge in [-0.15, -0.1) is 0 Å². The molecule has 0 aliphatic rings. The molecule has 5 nitrogen and oxygen atoms in total. The number of anilines is 2. The zero-order chi connectivity index (χ0) is 13.9. The highest BCUT2D eigenvalue weighted by Gasteiger charge is 2.18. The Bertz CT molecular complexity index is 672. The van der Waals surface area contributed by atoms with Gasteiger partial charge in [0.1, 0.15) is 16.5 Å². The van der Waals surface area contributed by atoms with Crippen molar-refractivity contribution < 1.29 is 12.8 Å². The van der Waals surface area contributed by atoms with Crippen LogP contribution in [0.5, 0.6) is 0 Å². The van der Waals surface area contributed by atoms with Crippen LogP contribution in [0, 0.1) is 5.82 Å². The van der Waals surface area contributed by atoms with Crippen LogP contribution in [0.15, 0.2) is 47.5 Å². The molecule has 0 radical (unpaired) electrons. The van der Waals surface area contributed by atoms with Crippen molar-refractivity contribution in [3.05, 3.63) is 48.4 Å². The smallest absolute Gasteiger partial charge is 0.265 e.